The van der Waals surface area contributed by atoms with Crippen molar-refractivity contribution in [3.63, 3.8) is 0 Å². The average Bonchev–Trinajstić information content (AvgIpc) is 3.54. The normalized spacial score (nSPS) is 14.7. The Bertz CT molecular complexity index is 1030. The summed E-state index contributed by atoms with van der Waals surface area (Å²) in [5, 5.41) is 11.4. The van der Waals surface area contributed by atoms with Gasteiger partial charge in [-0.3, -0.25) is 9.59 Å². The smallest absolute Gasteiger partial charge is 0.278 e. The predicted octanol–water partition coefficient (Wildman–Crippen LogP) is 2.07. The molecule has 1 amide bonds. The van der Waals surface area contributed by atoms with Crippen molar-refractivity contribution >= 4 is 16.8 Å². The maximum atomic E-state index is 12.6. The molecule has 1 aliphatic carbocycles. The van der Waals surface area contributed by atoms with Gasteiger partial charge in [-0.1, -0.05) is 29.5 Å². The van der Waals surface area contributed by atoms with Crippen molar-refractivity contribution in [1.82, 2.24) is 20.3 Å². The number of aromatic nitrogens is 3. The number of benzene rings is 2. The zero-order valence-electron chi connectivity index (χ0n) is 15.0. The van der Waals surface area contributed by atoms with Crippen LogP contribution in [0.1, 0.15) is 24.4 Å². The Labute approximate surface area is 156 Å². The van der Waals surface area contributed by atoms with Gasteiger partial charge in [-0.2, -0.15) is 0 Å². The monoisotopic (exact) mass is 364 g/mol. The van der Waals surface area contributed by atoms with E-state index in [1.807, 2.05) is 24.3 Å². The molecule has 0 saturated heterocycles. The Morgan fingerprint density at radius 1 is 1.22 bits per heavy atom. The van der Waals surface area contributed by atoms with Gasteiger partial charge in [-0.25, -0.2) is 4.68 Å². The van der Waals surface area contributed by atoms with Crippen LogP contribution in [-0.2, 0) is 11.3 Å². The molecule has 0 bridgehead atoms. The molecule has 3 aromatic rings. The number of hydrogen-bond donors (Lipinski definition) is 1. The quantitative estimate of drug-likeness (QED) is 0.724. The zero-order chi connectivity index (χ0) is 18.8. The van der Waals surface area contributed by atoms with Crippen LogP contribution in [0.25, 0.3) is 10.9 Å². The second kappa shape index (κ2) is 7.19. The highest BCUT2D eigenvalue weighted by molar-refractivity contribution is 5.78. The topological polar surface area (TPSA) is 86.1 Å². The highest BCUT2D eigenvalue weighted by Gasteiger charge is 2.33. The van der Waals surface area contributed by atoms with Gasteiger partial charge in [-0.05, 0) is 48.6 Å². The summed E-state index contributed by atoms with van der Waals surface area (Å²) in [5.74, 6) is 0.939. The van der Waals surface area contributed by atoms with Gasteiger partial charge >= 0.3 is 0 Å². The van der Waals surface area contributed by atoms with E-state index in [1.54, 1.807) is 31.4 Å². The Morgan fingerprint density at radius 3 is 2.67 bits per heavy atom. The fourth-order valence-electron chi connectivity index (χ4n) is 3.20. The van der Waals surface area contributed by atoms with Gasteiger partial charge in [-0.15, -0.1) is 5.10 Å². The summed E-state index contributed by atoms with van der Waals surface area (Å²) >= 11 is 0. The lowest BCUT2D eigenvalue weighted by Gasteiger charge is -2.19. The maximum absolute atomic E-state index is 12.6. The van der Waals surface area contributed by atoms with Gasteiger partial charge in [0.05, 0.1) is 18.5 Å². The first-order valence-electron chi connectivity index (χ1n) is 8.91. The molecule has 1 fully saturated rings. The summed E-state index contributed by atoms with van der Waals surface area (Å²) in [5.41, 5.74) is 1.24. The van der Waals surface area contributed by atoms with E-state index in [4.69, 9.17) is 4.74 Å². The summed E-state index contributed by atoms with van der Waals surface area (Å²) < 4.78 is 6.30. The van der Waals surface area contributed by atoms with Crippen LogP contribution >= 0.6 is 0 Å². The molecule has 1 N–H and O–H groups in total. The minimum atomic E-state index is -0.317. The van der Waals surface area contributed by atoms with Gasteiger partial charge in [0.2, 0.25) is 5.91 Å². The standard InChI is InChI=1S/C20H20N4O3/c1-27-15-10-8-14(9-11-15)19(13-6-7-13)21-18(25)12-24-20(26)16-4-2-3-5-17(16)22-23-24/h2-5,8-11,13,19H,6-7,12H2,1H3,(H,21,25). The van der Waals surface area contributed by atoms with Crippen molar-refractivity contribution in [1.29, 1.82) is 0 Å². The van der Waals surface area contributed by atoms with Gasteiger partial charge < -0.3 is 10.1 Å². The maximum Gasteiger partial charge on any atom is 0.278 e. The summed E-state index contributed by atoms with van der Waals surface area (Å²) in [6, 6.07) is 14.6. The number of amides is 1. The lowest BCUT2D eigenvalue weighted by Crippen LogP contribution is -2.36. The Hall–Kier alpha value is -3.22. The van der Waals surface area contributed by atoms with Crippen LogP contribution in [0, 0.1) is 5.92 Å². The Kier molecular flexibility index (Phi) is 4.58. The molecule has 27 heavy (non-hydrogen) atoms. The molecule has 7 heteroatoms. The summed E-state index contributed by atoms with van der Waals surface area (Å²) in [6.45, 7) is -0.157. The first kappa shape index (κ1) is 17.2. The lowest BCUT2D eigenvalue weighted by molar-refractivity contribution is -0.122. The Morgan fingerprint density at radius 2 is 1.96 bits per heavy atom. The van der Waals surface area contributed by atoms with Crippen molar-refractivity contribution < 1.29 is 9.53 Å². The second-order valence-electron chi connectivity index (χ2n) is 6.73. The molecule has 0 radical (unpaired) electrons. The van der Waals surface area contributed by atoms with Crippen molar-refractivity contribution in [3.05, 3.63) is 64.4 Å². The highest BCUT2D eigenvalue weighted by atomic mass is 16.5. The summed E-state index contributed by atoms with van der Waals surface area (Å²) in [4.78, 5) is 25.1. The fraction of sp³-hybridized carbons (Fsp3) is 0.300. The van der Waals surface area contributed by atoms with Gasteiger partial charge in [0.25, 0.3) is 5.56 Å². The number of fused-ring (bicyclic) bond motifs is 1. The molecule has 1 saturated carbocycles. The minimum Gasteiger partial charge on any atom is -0.497 e. The number of ether oxygens (including phenoxy) is 1. The second-order valence-corrected chi connectivity index (χ2v) is 6.73. The van der Waals surface area contributed by atoms with E-state index in [0.717, 1.165) is 28.8 Å². The molecule has 1 heterocycles. The molecule has 4 rings (SSSR count). The highest BCUT2D eigenvalue weighted by Crippen LogP contribution is 2.41. The van der Waals surface area contributed by atoms with E-state index in [9.17, 15) is 9.59 Å². The van der Waals surface area contributed by atoms with Crippen LogP contribution in [0.5, 0.6) is 5.75 Å². The zero-order valence-corrected chi connectivity index (χ0v) is 15.0. The molecule has 0 aliphatic heterocycles. The lowest BCUT2D eigenvalue weighted by atomic mass is 10.0. The van der Waals surface area contributed by atoms with Gasteiger partial charge in [0, 0.05) is 0 Å². The van der Waals surface area contributed by atoms with E-state index < -0.39 is 0 Å². The number of methoxy groups -OCH3 is 1. The van der Waals surface area contributed by atoms with Gasteiger partial charge in [0.15, 0.2) is 0 Å². The van der Waals surface area contributed by atoms with Gasteiger partial charge in [0.1, 0.15) is 17.8 Å². The summed E-state index contributed by atoms with van der Waals surface area (Å²) in [7, 11) is 1.62. The van der Waals surface area contributed by atoms with E-state index in [2.05, 4.69) is 15.6 Å². The number of nitrogens with one attached hydrogen (secondary N) is 1. The number of hydrogen-bond acceptors (Lipinski definition) is 5. The third kappa shape index (κ3) is 3.67. The van der Waals surface area contributed by atoms with Crippen LogP contribution in [0.4, 0.5) is 0 Å². The molecule has 1 unspecified atom stereocenters. The molecular weight excluding hydrogens is 344 g/mol. The molecule has 2 aromatic carbocycles. The van der Waals surface area contributed by atoms with Crippen molar-refractivity contribution in [3.8, 4) is 5.75 Å². The number of carbonyl (C=O) groups is 1. The fourth-order valence-corrected chi connectivity index (χ4v) is 3.20. The third-order valence-electron chi connectivity index (χ3n) is 4.81. The number of carbonyl (C=O) groups excluding carboxylic acids is 1. The predicted molar refractivity (Wildman–Crippen MR) is 100 cm³/mol. The molecule has 1 aromatic heterocycles. The van der Waals surface area contributed by atoms with E-state index in [-0.39, 0.29) is 24.1 Å². The number of nitrogens with zero attached hydrogens (tertiary/aromatic N) is 3. The third-order valence-corrected chi connectivity index (χ3v) is 4.81. The molecule has 0 spiro atoms. The molecular formula is C20H20N4O3. The van der Waals surface area contributed by atoms with Crippen molar-refractivity contribution in [2.24, 2.45) is 5.92 Å². The van der Waals surface area contributed by atoms with Crippen LogP contribution < -0.4 is 15.6 Å². The van der Waals surface area contributed by atoms with Crippen molar-refractivity contribution in [2.45, 2.75) is 25.4 Å². The van der Waals surface area contributed by atoms with Crippen molar-refractivity contribution in [2.75, 3.05) is 7.11 Å². The first-order chi connectivity index (χ1) is 13.2. The molecule has 1 aliphatic rings. The van der Waals surface area contributed by atoms with E-state index >= 15 is 0 Å². The van der Waals surface area contributed by atoms with E-state index in [0.29, 0.717) is 16.8 Å². The largest absolute Gasteiger partial charge is 0.497 e. The van der Waals surface area contributed by atoms with Crippen LogP contribution in [0.15, 0.2) is 53.3 Å². The molecule has 1 atom stereocenters. The van der Waals surface area contributed by atoms with Crippen LogP contribution in [-0.4, -0.2) is 28.0 Å². The first-order valence-corrected chi connectivity index (χ1v) is 8.91. The van der Waals surface area contributed by atoms with E-state index in [1.165, 1.54) is 0 Å². The van der Waals surface area contributed by atoms with Crippen LogP contribution in [0.3, 0.4) is 0 Å². The minimum absolute atomic E-state index is 0.0764. The Balaban J connectivity index is 1.52. The van der Waals surface area contributed by atoms with Crippen LogP contribution in [0.2, 0.25) is 0 Å². The number of rotatable bonds is 6. The molecule has 138 valence electrons. The SMILES string of the molecule is COc1ccc(C(NC(=O)Cn2nnc3ccccc3c2=O)C2CC2)cc1. The summed E-state index contributed by atoms with van der Waals surface area (Å²) in [6.07, 6.45) is 2.15. The average molecular weight is 364 g/mol. The molecule has 7 nitrogen and oxygen atoms in total.